The van der Waals surface area contributed by atoms with Gasteiger partial charge >= 0.3 is 0 Å². The van der Waals surface area contributed by atoms with Crippen molar-refractivity contribution in [2.45, 2.75) is 0 Å². The zero-order valence-corrected chi connectivity index (χ0v) is 18.9. The molecule has 0 bridgehead atoms. The summed E-state index contributed by atoms with van der Waals surface area (Å²) in [7, 11) is 3.06. The van der Waals surface area contributed by atoms with Crippen molar-refractivity contribution in [3.05, 3.63) is 83.9 Å². The Bertz CT molecular complexity index is 1540. The van der Waals surface area contributed by atoms with Gasteiger partial charge in [0.05, 0.1) is 25.3 Å². The van der Waals surface area contributed by atoms with Gasteiger partial charge in [-0.2, -0.15) is 0 Å². The van der Waals surface area contributed by atoms with Crippen LogP contribution in [0.3, 0.4) is 0 Å². The predicted octanol–water partition coefficient (Wildman–Crippen LogP) is 5.64. The highest BCUT2D eigenvalue weighted by Crippen LogP contribution is 2.34. The van der Waals surface area contributed by atoms with Crippen LogP contribution in [-0.2, 0) is 0 Å². The van der Waals surface area contributed by atoms with E-state index in [1.165, 1.54) is 14.2 Å². The molecular formula is C28H24N2O4. The maximum atomic E-state index is 11.3. The summed E-state index contributed by atoms with van der Waals surface area (Å²) < 4.78 is 10.3. The zero-order chi connectivity index (χ0) is 24.2. The van der Waals surface area contributed by atoms with Crippen molar-refractivity contribution < 1.29 is 19.1 Å². The van der Waals surface area contributed by atoms with Gasteiger partial charge < -0.3 is 20.9 Å². The van der Waals surface area contributed by atoms with Gasteiger partial charge in [0.1, 0.15) is 11.5 Å². The molecule has 0 spiro atoms. The minimum absolute atomic E-state index is 0.510. The molecule has 6 heteroatoms. The molecule has 0 fully saturated rings. The van der Waals surface area contributed by atoms with Crippen molar-refractivity contribution in [3.8, 4) is 11.5 Å². The summed E-state index contributed by atoms with van der Waals surface area (Å²) in [6, 6.07) is 22.8. The van der Waals surface area contributed by atoms with Gasteiger partial charge in [-0.15, -0.1) is 0 Å². The van der Waals surface area contributed by atoms with E-state index in [0.29, 0.717) is 34.0 Å². The lowest BCUT2D eigenvalue weighted by molar-refractivity contribution is 0.111. The normalized spacial score (nSPS) is 10.5. The number of anilines is 2. The number of carbonyl (C=O) groups excluding carboxylic acids is 2. The van der Waals surface area contributed by atoms with Crippen LogP contribution in [0.2, 0.25) is 0 Å². The van der Waals surface area contributed by atoms with E-state index in [0.717, 1.165) is 44.9 Å². The van der Waals surface area contributed by atoms with Gasteiger partial charge in [0.2, 0.25) is 0 Å². The van der Waals surface area contributed by atoms with E-state index >= 15 is 0 Å². The first-order valence-corrected chi connectivity index (χ1v) is 10.6. The molecule has 170 valence electrons. The average molecular weight is 453 g/mol. The zero-order valence-electron chi connectivity index (χ0n) is 18.9. The van der Waals surface area contributed by atoms with Crippen LogP contribution in [0.15, 0.2) is 72.8 Å². The lowest BCUT2D eigenvalue weighted by atomic mass is 9.98. The molecule has 0 saturated carbocycles. The molecule has 34 heavy (non-hydrogen) atoms. The van der Waals surface area contributed by atoms with Crippen molar-refractivity contribution in [2.24, 2.45) is 0 Å². The van der Waals surface area contributed by atoms with Crippen molar-refractivity contribution in [3.63, 3.8) is 0 Å². The fraction of sp³-hybridized carbons (Fsp3) is 0.0714. The molecule has 0 aliphatic rings. The van der Waals surface area contributed by atoms with Crippen LogP contribution in [-0.4, -0.2) is 26.8 Å². The Kier molecular flexibility index (Phi) is 6.32. The number of nitrogens with two attached hydrogens (primary N) is 2. The highest BCUT2D eigenvalue weighted by atomic mass is 16.5. The average Bonchev–Trinajstić information content (AvgIpc) is 2.88. The summed E-state index contributed by atoms with van der Waals surface area (Å²) in [5.74, 6) is 1.02. The molecule has 5 rings (SSSR count). The second-order valence-electron chi connectivity index (χ2n) is 7.69. The predicted molar refractivity (Wildman–Crippen MR) is 138 cm³/mol. The molecule has 6 nitrogen and oxygen atoms in total. The molecule has 0 aromatic heterocycles. The number of carbonyl (C=O) groups is 2. The van der Waals surface area contributed by atoms with Gasteiger partial charge in [0.15, 0.2) is 12.6 Å². The molecular weight excluding hydrogens is 428 g/mol. The topological polar surface area (TPSA) is 105 Å². The number of hydrogen-bond acceptors (Lipinski definition) is 6. The van der Waals surface area contributed by atoms with Crippen LogP contribution in [0.4, 0.5) is 11.4 Å². The molecule has 0 radical (unpaired) electrons. The first-order chi connectivity index (χ1) is 16.5. The Balaban J connectivity index is 0.000000166. The molecule has 0 unspecified atom stereocenters. The number of aldehydes is 2. The van der Waals surface area contributed by atoms with Gasteiger partial charge in [-0.05, 0) is 33.7 Å². The number of methoxy groups -OCH3 is 2. The van der Waals surface area contributed by atoms with Crippen LogP contribution >= 0.6 is 0 Å². The maximum Gasteiger partial charge on any atom is 0.154 e. The van der Waals surface area contributed by atoms with Crippen molar-refractivity contribution in [2.75, 3.05) is 25.7 Å². The summed E-state index contributed by atoms with van der Waals surface area (Å²) >= 11 is 0. The summed E-state index contributed by atoms with van der Waals surface area (Å²) in [5.41, 5.74) is 14.2. The molecule has 0 aliphatic carbocycles. The fourth-order valence-corrected chi connectivity index (χ4v) is 4.11. The lowest BCUT2D eigenvalue weighted by Crippen LogP contribution is -1.96. The van der Waals surface area contributed by atoms with E-state index in [1.807, 2.05) is 60.7 Å². The number of hydrogen-bond donors (Lipinski definition) is 2. The van der Waals surface area contributed by atoms with Gasteiger partial charge in [-0.3, -0.25) is 9.59 Å². The third-order valence-electron chi connectivity index (χ3n) is 5.79. The summed E-state index contributed by atoms with van der Waals surface area (Å²) in [6.07, 6.45) is 1.61. The Morgan fingerprint density at radius 1 is 0.588 bits per heavy atom. The summed E-state index contributed by atoms with van der Waals surface area (Å²) in [4.78, 5) is 22.3. The number of fused-ring (bicyclic) bond motifs is 3. The smallest absolute Gasteiger partial charge is 0.154 e. The highest BCUT2D eigenvalue weighted by molar-refractivity contribution is 6.11. The Morgan fingerprint density at radius 3 is 1.56 bits per heavy atom. The SMILES string of the molecule is COc1cc(N)c2cc3ccccc3cc2c1C=O.COc1cc(N)c2ccccc2c1C=O. The van der Waals surface area contributed by atoms with E-state index in [4.69, 9.17) is 20.9 Å². The van der Waals surface area contributed by atoms with Crippen molar-refractivity contribution >= 4 is 56.3 Å². The van der Waals surface area contributed by atoms with E-state index in [2.05, 4.69) is 0 Å². The monoisotopic (exact) mass is 452 g/mol. The van der Waals surface area contributed by atoms with Crippen LogP contribution in [0.25, 0.3) is 32.3 Å². The summed E-state index contributed by atoms with van der Waals surface area (Å²) in [6.45, 7) is 0. The van der Waals surface area contributed by atoms with Gasteiger partial charge in [-0.25, -0.2) is 0 Å². The van der Waals surface area contributed by atoms with Crippen LogP contribution < -0.4 is 20.9 Å². The Labute approximate surface area is 196 Å². The van der Waals surface area contributed by atoms with Crippen LogP contribution in [0, 0.1) is 0 Å². The molecule has 0 aliphatic heterocycles. The fourth-order valence-electron chi connectivity index (χ4n) is 4.11. The number of benzene rings is 5. The minimum Gasteiger partial charge on any atom is -0.496 e. The minimum atomic E-state index is 0.510. The van der Waals surface area contributed by atoms with Gasteiger partial charge in [0.25, 0.3) is 0 Å². The van der Waals surface area contributed by atoms with Gasteiger partial charge in [0, 0.05) is 34.3 Å². The Morgan fingerprint density at radius 2 is 1.03 bits per heavy atom. The van der Waals surface area contributed by atoms with Crippen molar-refractivity contribution in [1.29, 1.82) is 0 Å². The third kappa shape index (κ3) is 3.97. The second kappa shape index (κ2) is 9.50. The summed E-state index contributed by atoms with van der Waals surface area (Å²) in [5, 5.41) is 5.58. The molecule has 0 saturated heterocycles. The molecule has 4 N–H and O–H groups in total. The van der Waals surface area contributed by atoms with E-state index in [1.54, 1.807) is 12.1 Å². The molecule has 0 amide bonds. The number of rotatable bonds is 4. The van der Waals surface area contributed by atoms with Crippen LogP contribution in [0.5, 0.6) is 11.5 Å². The van der Waals surface area contributed by atoms with E-state index in [9.17, 15) is 9.59 Å². The highest BCUT2D eigenvalue weighted by Gasteiger charge is 2.12. The van der Waals surface area contributed by atoms with Crippen LogP contribution in [0.1, 0.15) is 20.7 Å². The molecule has 5 aromatic carbocycles. The molecule has 5 aromatic rings. The molecule has 0 atom stereocenters. The quantitative estimate of drug-likeness (QED) is 0.208. The Hall–Kier alpha value is -4.58. The number of nitrogen functional groups attached to an aromatic ring is 2. The van der Waals surface area contributed by atoms with E-state index < -0.39 is 0 Å². The maximum absolute atomic E-state index is 11.3. The van der Waals surface area contributed by atoms with E-state index in [-0.39, 0.29) is 0 Å². The largest absolute Gasteiger partial charge is 0.496 e. The van der Waals surface area contributed by atoms with Crippen molar-refractivity contribution in [1.82, 2.24) is 0 Å². The number of ether oxygens (including phenoxy) is 2. The third-order valence-corrected chi connectivity index (χ3v) is 5.79. The standard InChI is InChI=1S/C16H13NO2.C12H11NO2/c1-19-16-8-15(17)13-7-11-5-3-2-4-10(11)6-12(13)14(16)9-18;1-15-12-6-11(13)9-5-3-2-4-8(9)10(12)7-14/h2-9H,17H2,1H3;2-7H,13H2,1H3. The van der Waals surface area contributed by atoms with Gasteiger partial charge in [-0.1, -0.05) is 48.5 Å². The molecule has 0 heterocycles. The first-order valence-electron chi connectivity index (χ1n) is 10.6. The second-order valence-corrected chi connectivity index (χ2v) is 7.69. The first kappa shape index (κ1) is 22.6. The lowest BCUT2D eigenvalue weighted by Gasteiger charge is -2.11.